The lowest BCUT2D eigenvalue weighted by Gasteiger charge is -2.31. The Morgan fingerprint density at radius 1 is 0.687 bits per heavy atom. The third-order valence-corrected chi connectivity index (χ3v) is 11.6. The third-order valence-electron chi connectivity index (χ3n) is 11.2. The number of benzene rings is 2. The molecule has 1 aliphatic rings. The normalized spacial score (nSPS) is 17.0. The summed E-state index contributed by atoms with van der Waals surface area (Å²) in [5.41, 5.74) is 7.15. The molecule has 0 bridgehead atoms. The number of amides is 7. The number of carbonyl (C=O) groups excluding carboxylic acids is 7. The quantitative estimate of drug-likeness (QED) is 0.0493. The minimum Gasteiger partial charge on any atom is -0.508 e. The number of phenols is 2. The molecule has 2 aromatic carbocycles. The number of hydrogen-bond donors (Lipinski definition) is 13. The molecule has 1 saturated heterocycles. The number of aliphatic carboxylic acids is 2. The number of nitrogens with one attached hydrogen (secondary N) is 6. The number of aliphatic hydroxyl groups is 1. The second kappa shape index (κ2) is 26.0. The first-order chi connectivity index (χ1) is 31.6. The lowest BCUT2D eigenvalue weighted by molar-refractivity contribution is -0.146. The van der Waals surface area contributed by atoms with Gasteiger partial charge >= 0.3 is 11.9 Å². The number of aromatic hydroxyl groups is 2. The number of phenolic OH excluding ortho intramolecular Hbond substituents is 2. The Bertz CT molecular complexity index is 2070. The number of likely N-dealkylation sites (tertiary alicyclic amines) is 1. The third kappa shape index (κ3) is 16.4. The summed E-state index contributed by atoms with van der Waals surface area (Å²) in [5.74, 6) is -10.6. The fourth-order valence-corrected chi connectivity index (χ4v) is 7.37. The van der Waals surface area contributed by atoms with E-state index in [1.807, 2.05) is 0 Å². The summed E-state index contributed by atoms with van der Waals surface area (Å²) in [6, 6.07) is 0.189. The van der Waals surface area contributed by atoms with Gasteiger partial charge in [0.25, 0.3) is 0 Å². The van der Waals surface area contributed by atoms with E-state index in [0.717, 1.165) is 4.90 Å². The second-order valence-electron chi connectivity index (χ2n) is 16.7. The van der Waals surface area contributed by atoms with Gasteiger partial charge in [-0.05, 0) is 66.5 Å². The Labute approximate surface area is 392 Å². The van der Waals surface area contributed by atoms with E-state index in [0.29, 0.717) is 17.5 Å². The van der Waals surface area contributed by atoms with Crippen molar-refractivity contribution in [3.63, 3.8) is 0 Å². The van der Waals surface area contributed by atoms with Crippen molar-refractivity contribution in [3.8, 4) is 11.5 Å². The van der Waals surface area contributed by atoms with E-state index in [4.69, 9.17) is 5.73 Å². The van der Waals surface area contributed by atoms with Crippen molar-refractivity contribution in [1.29, 1.82) is 0 Å². The maximum Gasteiger partial charge on any atom is 0.327 e. The predicted octanol–water partition coefficient (Wildman–Crippen LogP) is -1.71. The fourth-order valence-electron chi connectivity index (χ4n) is 7.13. The molecule has 2 aromatic rings. The van der Waals surface area contributed by atoms with E-state index >= 15 is 0 Å². The van der Waals surface area contributed by atoms with Gasteiger partial charge in [-0.25, -0.2) is 4.79 Å². The van der Waals surface area contributed by atoms with Crippen LogP contribution in [0.4, 0.5) is 0 Å². The number of carbonyl (C=O) groups is 9. The molecule has 23 heteroatoms. The molecule has 0 radical (unpaired) electrons. The van der Waals surface area contributed by atoms with Crippen LogP contribution in [-0.4, -0.2) is 151 Å². The van der Waals surface area contributed by atoms with Crippen molar-refractivity contribution in [2.75, 3.05) is 18.9 Å². The lowest BCUT2D eigenvalue weighted by Crippen LogP contribution is -2.61. The minimum absolute atomic E-state index is 0.0180. The number of nitrogens with zero attached hydrogens (tertiary/aromatic N) is 1. The molecule has 0 aromatic heterocycles. The first-order valence-electron chi connectivity index (χ1n) is 21.7. The molecular weight excluding hydrogens is 897 g/mol. The zero-order valence-corrected chi connectivity index (χ0v) is 38.5. The zero-order valence-electron chi connectivity index (χ0n) is 37.6. The van der Waals surface area contributed by atoms with Gasteiger partial charge < -0.3 is 68.1 Å². The molecule has 1 heterocycles. The van der Waals surface area contributed by atoms with E-state index in [2.05, 4.69) is 44.5 Å². The lowest BCUT2D eigenvalue weighted by atomic mass is 9.97. The van der Waals surface area contributed by atoms with Gasteiger partial charge in [-0.15, -0.1) is 0 Å². The van der Waals surface area contributed by atoms with Crippen LogP contribution in [0.2, 0.25) is 0 Å². The molecule has 0 unspecified atom stereocenters. The highest BCUT2D eigenvalue weighted by atomic mass is 32.1. The molecule has 7 amide bonds. The molecule has 9 atom stereocenters. The number of carboxylic acids is 2. The highest BCUT2D eigenvalue weighted by molar-refractivity contribution is 7.80. The number of hydrogen-bond acceptors (Lipinski definition) is 14. The van der Waals surface area contributed by atoms with Crippen LogP contribution in [0.25, 0.3) is 0 Å². The number of rotatable bonds is 25. The molecule has 3 rings (SSSR count). The van der Waals surface area contributed by atoms with E-state index in [-0.39, 0.29) is 49.5 Å². The fraction of sp³-hybridized carbons (Fsp3) is 0.523. The smallest absolute Gasteiger partial charge is 0.327 e. The van der Waals surface area contributed by atoms with Crippen molar-refractivity contribution >= 4 is 65.9 Å². The van der Waals surface area contributed by atoms with Crippen LogP contribution < -0.4 is 37.6 Å². The average Bonchev–Trinajstić information content (AvgIpc) is 3.78. The summed E-state index contributed by atoms with van der Waals surface area (Å²) >= 11 is 3.94. The van der Waals surface area contributed by atoms with Crippen LogP contribution in [0.5, 0.6) is 11.5 Å². The number of carboxylic acid groups (broad SMARTS) is 2. The summed E-state index contributed by atoms with van der Waals surface area (Å²) in [6.07, 6.45) is -0.466. The zero-order chi connectivity index (χ0) is 50.1. The number of nitrogens with two attached hydrogens (primary N) is 1. The topological polar surface area (TPSA) is 356 Å². The standard InChI is InChI=1S/C44H62N8O14S/c1-5-23(4)36(51-37(58)28(45)17-24-8-12-26(54)13-9-24)42(63)48-31(20-53)39(60)46-29(18-25-10-14-27(55)15-11-25)38(59)47-30(19-34(56)57)43(64)52-16-6-7-33(52)40(61)50-35(22(2)3)41(62)49-32(21-67)44(65)66/h8-15,22-23,28-33,35-36,53-55,67H,5-7,16-21,45H2,1-4H3,(H,46,60)(H,47,59)(H,48,63)(H,49,62)(H,50,61)(H,51,58)(H,56,57)(H,65,66)/t23-,28-,29-,30-,31-,32-,33-,35-,36-/m0/s1. The largest absolute Gasteiger partial charge is 0.508 e. The van der Waals surface area contributed by atoms with Gasteiger partial charge in [0.1, 0.15) is 53.8 Å². The molecule has 0 saturated carbocycles. The Morgan fingerprint density at radius 3 is 1.70 bits per heavy atom. The summed E-state index contributed by atoms with van der Waals surface area (Å²) in [6.45, 7) is 5.59. The van der Waals surface area contributed by atoms with E-state index in [1.54, 1.807) is 39.8 Å². The molecule has 0 aliphatic carbocycles. The van der Waals surface area contributed by atoms with E-state index in [1.165, 1.54) is 36.4 Å². The second-order valence-corrected chi connectivity index (χ2v) is 17.1. The van der Waals surface area contributed by atoms with Crippen LogP contribution in [0, 0.1) is 11.8 Å². The molecule has 1 aliphatic heterocycles. The van der Waals surface area contributed by atoms with E-state index < -0.39 is 126 Å². The van der Waals surface area contributed by atoms with Crippen molar-refractivity contribution in [2.45, 2.75) is 115 Å². The summed E-state index contributed by atoms with van der Waals surface area (Å²) < 4.78 is 0. The summed E-state index contributed by atoms with van der Waals surface area (Å²) in [4.78, 5) is 120. The number of aliphatic hydroxyl groups excluding tert-OH is 1. The Morgan fingerprint density at radius 2 is 1.19 bits per heavy atom. The van der Waals surface area contributed by atoms with Crippen molar-refractivity contribution < 1.29 is 68.7 Å². The monoisotopic (exact) mass is 958 g/mol. The highest BCUT2D eigenvalue weighted by Crippen LogP contribution is 2.21. The van der Waals surface area contributed by atoms with Crippen LogP contribution >= 0.6 is 12.6 Å². The highest BCUT2D eigenvalue weighted by Gasteiger charge is 2.41. The Kier molecular flexibility index (Phi) is 21.3. The van der Waals surface area contributed by atoms with Gasteiger partial charge in [-0.3, -0.25) is 38.4 Å². The molecule has 13 N–H and O–H groups in total. The van der Waals surface area contributed by atoms with Gasteiger partial charge in [0.15, 0.2) is 0 Å². The molecule has 67 heavy (non-hydrogen) atoms. The molecule has 22 nitrogen and oxygen atoms in total. The van der Waals surface area contributed by atoms with Crippen LogP contribution in [0.15, 0.2) is 48.5 Å². The van der Waals surface area contributed by atoms with Crippen LogP contribution in [0.1, 0.15) is 64.5 Å². The Balaban J connectivity index is 1.83. The number of thiol groups is 1. The van der Waals surface area contributed by atoms with Crippen molar-refractivity contribution in [1.82, 2.24) is 36.8 Å². The average molecular weight is 959 g/mol. The maximum atomic E-state index is 14.1. The van der Waals surface area contributed by atoms with Crippen LogP contribution in [0.3, 0.4) is 0 Å². The summed E-state index contributed by atoms with van der Waals surface area (Å²) in [5, 5.41) is 63.6. The molecule has 0 spiro atoms. The van der Waals surface area contributed by atoms with E-state index in [9.17, 15) is 68.7 Å². The van der Waals surface area contributed by atoms with Gasteiger partial charge in [0, 0.05) is 18.7 Å². The van der Waals surface area contributed by atoms with Gasteiger partial charge in [0.05, 0.1) is 19.1 Å². The van der Waals surface area contributed by atoms with Crippen LogP contribution in [-0.2, 0) is 56.0 Å². The molecule has 1 fully saturated rings. The molecule has 368 valence electrons. The van der Waals surface area contributed by atoms with Crippen molar-refractivity contribution in [3.05, 3.63) is 59.7 Å². The summed E-state index contributed by atoms with van der Waals surface area (Å²) in [7, 11) is 0. The molecular formula is C44H62N8O14S. The maximum absolute atomic E-state index is 14.1. The first kappa shape index (κ1) is 54.9. The minimum atomic E-state index is -1.80. The van der Waals surface area contributed by atoms with Gasteiger partial charge in [-0.2, -0.15) is 12.6 Å². The van der Waals surface area contributed by atoms with Gasteiger partial charge in [0.2, 0.25) is 41.4 Å². The SMILES string of the molecule is CC[C@H](C)[C@H](NC(=O)[C@@H](N)Cc1ccc(O)cc1)C(=O)N[C@@H](CO)C(=O)N[C@@H](Cc1ccc(O)cc1)C(=O)N[C@@H](CC(=O)O)C(=O)N1CCC[C@H]1C(=O)N[C@H](C(=O)N[C@@H](CS)C(=O)O)C(C)C. The van der Waals surface area contributed by atoms with Gasteiger partial charge in [-0.1, -0.05) is 58.4 Å². The van der Waals surface area contributed by atoms with Crippen molar-refractivity contribution in [2.24, 2.45) is 17.6 Å². The first-order valence-corrected chi connectivity index (χ1v) is 22.3. The predicted molar refractivity (Wildman–Crippen MR) is 243 cm³/mol. The Hall–Kier alpha value is -6.46.